The van der Waals surface area contributed by atoms with Crippen molar-refractivity contribution < 1.29 is 23.8 Å². The molecule has 0 atom stereocenters. The number of benzene rings is 2. The van der Waals surface area contributed by atoms with Gasteiger partial charge in [-0.05, 0) is 49.1 Å². The van der Waals surface area contributed by atoms with Gasteiger partial charge in [0.25, 0.3) is 0 Å². The highest BCUT2D eigenvalue weighted by molar-refractivity contribution is 5.83. The molecular weight excluding hydrogens is 323 g/mol. The second-order valence-corrected chi connectivity index (χ2v) is 6.30. The maximum Gasteiger partial charge on any atom is 0.315 e. The maximum atomic E-state index is 14.1. The number of carboxylic acids is 1. The molecule has 1 N–H and O–H groups in total. The molecule has 2 aromatic carbocycles. The molecule has 0 bridgehead atoms. The lowest BCUT2D eigenvalue weighted by molar-refractivity contribution is -0.148. The number of hydrogen-bond donors (Lipinski definition) is 1. The van der Waals surface area contributed by atoms with Crippen LogP contribution in [0.15, 0.2) is 42.5 Å². The summed E-state index contributed by atoms with van der Waals surface area (Å²) < 4.78 is 19.2. The van der Waals surface area contributed by atoms with Crippen LogP contribution >= 0.6 is 0 Å². The summed E-state index contributed by atoms with van der Waals surface area (Å²) in [6.07, 6.45) is -0.359. The number of aliphatic carboxylic acids is 1. The number of carbonyl (C=O) groups is 2. The summed E-state index contributed by atoms with van der Waals surface area (Å²) in [6.45, 7) is 5.62. The van der Waals surface area contributed by atoms with Crippen LogP contribution in [0.25, 0.3) is 11.1 Å². The van der Waals surface area contributed by atoms with Crippen LogP contribution < -0.4 is 0 Å². The van der Waals surface area contributed by atoms with E-state index < -0.39 is 17.2 Å². The van der Waals surface area contributed by atoms with E-state index in [2.05, 4.69) is 0 Å². The first kappa shape index (κ1) is 18.6. The van der Waals surface area contributed by atoms with E-state index in [0.717, 1.165) is 11.1 Å². The fourth-order valence-electron chi connectivity index (χ4n) is 2.55. The molecule has 0 amide bonds. The van der Waals surface area contributed by atoms with Gasteiger partial charge in [-0.25, -0.2) is 4.39 Å². The highest BCUT2D eigenvalue weighted by Crippen LogP contribution is 2.30. The Hall–Kier alpha value is -2.69. The summed E-state index contributed by atoms with van der Waals surface area (Å²) in [5, 5.41) is 8.79. The zero-order valence-corrected chi connectivity index (χ0v) is 14.5. The van der Waals surface area contributed by atoms with Gasteiger partial charge in [-0.1, -0.05) is 36.4 Å². The van der Waals surface area contributed by atoms with Gasteiger partial charge in [-0.3, -0.25) is 9.59 Å². The molecule has 5 heteroatoms. The number of carbonyl (C=O) groups excluding carboxylic acids is 1. The van der Waals surface area contributed by atoms with E-state index in [4.69, 9.17) is 9.84 Å². The Morgan fingerprint density at radius 1 is 1.12 bits per heavy atom. The van der Waals surface area contributed by atoms with Gasteiger partial charge < -0.3 is 9.84 Å². The third-order valence-electron chi connectivity index (χ3n) is 4.10. The molecule has 0 spiro atoms. The van der Waals surface area contributed by atoms with Crippen molar-refractivity contribution in [3.63, 3.8) is 0 Å². The number of hydrogen-bond acceptors (Lipinski definition) is 3. The molecule has 0 aliphatic heterocycles. The fraction of sp³-hybridized carbons (Fsp3) is 0.300. The largest absolute Gasteiger partial charge is 0.481 e. The lowest BCUT2D eigenvalue weighted by atomic mass is 9.83. The van der Waals surface area contributed by atoms with Crippen LogP contribution in [0, 0.1) is 5.82 Å². The van der Waals surface area contributed by atoms with E-state index in [0.29, 0.717) is 12.2 Å². The van der Waals surface area contributed by atoms with Gasteiger partial charge in [-0.2, -0.15) is 0 Å². The van der Waals surface area contributed by atoms with E-state index in [1.807, 2.05) is 18.2 Å². The molecular formula is C20H21FO4. The third kappa shape index (κ3) is 4.24. The zero-order valence-electron chi connectivity index (χ0n) is 14.5. The smallest absolute Gasteiger partial charge is 0.315 e. The quantitative estimate of drug-likeness (QED) is 0.806. The predicted octanol–water partition coefficient (Wildman–Crippen LogP) is 3.96. The molecule has 4 nitrogen and oxygen atoms in total. The van der Waals surface area contributed by atoms with Gasteiger partial charge >= 0.3 is 11.9 Å². The zero-order chi connectivity index (χ0) is 18.6. The molecule has 0 aliphatic rings. The third-order valence-corrected chi connectivity index (χ3v) is 4.10. The van der Waals surface area contributed by atoms with Gasteiger partial charge in [-0.15, -0.1) is 0 Å². The first-order chi connectivity index (χ1) is 11.8. The number of carboxylic acid groups (broad SMARTS) is 1. The Morgan fingerprint density at radius 3 is 2.40 bits per heavy atom. The predicted molar refractivity (Wildman–Crippen MR) is 92.8 cm³/mol. The van der Waals surface area contributed by atoms with Crippen molar-refractivity contribution in [1.29, 1.82) is 0 Å². The minimum absolute atomic E-state index is 0.138. The second-order valence-electron chi connectivity index (χ2n) is 6.30. The SMILES string of the molecule is CCOC(=O)C(C)(C)c1cccc(-c2ccc(CC(=O)O)c(F)c2)c1. The van der Waals surface area contributed by atoms with Crippen molar-refractivity contribution in [3.05, 3.63) is 59.4 Å². The lowest BCUT2D eigenvalue weighted by Crippen LogP contribution is -2.31. The average Bonchev–Trinajstić information content (AvgIpc) is 2.56. The maximum absolute atomic E-state index is 14.1. The minimum Gasteiger partial charge on any atom is -0.481 e. The molecule has 2 aromatic rings. The number of esters is 1. The van der Waals surface area contributed by atoms with Crippen molar-refractivity contribution in [3.8, 4) is 11.1 Å². The van der Waals surface area contributed by atoms with Crippen LogP contribution in [-0.2, 0) is 26.2 Å². The van der Waals surface area contributed by atoms with Gasteiger partial charge in [0.05, 0.1) is 18.4 Å². The minimum atomic E-state index is -1.08. The normalized spacial score (nSPS) is 11.2. The van der Waals surface area contributed by atoms with Crippen molar-refractivity contribution in [1.82, 2.24) is 0 Å². The molecule has 0 aromatic heterocycles. The van der Waals surface area contributed by atoms with Crippen molar-refractivity contribution in [2.24, 2.45) is 0 Å². The summed E-state index contributed by atoms with van der Waals surface area (Å²) in [5.74, 6) is -1.96. The van der Waals surface area contributed by atoms with E-state index in [-0.39, 0.29) is 18.0 Å². The number of rotatable bonds is 6. The molecule has 0 heterocycles. The standard InChI is InChI=1S/C20H21FO4/c1-4-25-19(24)20(2,3)16-7-5-6-13(10-16)14-8-9-15(12-18(22)23)17(21)11-14/h5-11H,4,12H2,1-3H3,(H,22,23). The van der Waals surface area contributed by atoms with Crippen LogP contribution in [0.4, 0.5) is 4.39 Å². The first-order valence-electron chi connectivity index (χ1n) is 8.04. The van der Waals surface area contributed by atoms with Gasteiger partial charge in [0.15, 0.2) is 0 Å². The van der Waals surface area contributed by atoms with Gasteiger partial charge in [0.1, 0.15) is 5.82 Å². The second kappa shape index (κ2) is 7.47. The fourth-order valence-corrected chi connectivity index (χ4v) is 2.55. The van der Waals surface area contributed by atoms with Gasteiger partial charge in [0, 0.05) is 0 Å². The summed E-state index contributed by atoms with van der Waals surface area (Å²) in [6, 6.07) is 11.7. The Labute approximate surface area is 146 Å². The molecule has 132 valence electrons. The van der Waals surface area contributed by atoms with E-state index >= 15 is 0 Å². The molecule has 0 aliphatic carbocycles. The van der Waals surface area contributed by atoms with Crippen molar-refractivity contribution >= 4 is 11.9 Å². The molecule has 2 rings (SSSR count). The molecule has 0 fully saturated rings. The molecule has 0 saturated heterocycles. The monoisotopic (exact) mass is 344 g/mol. The van der Waals surface area contributed by atoms with Crippen LogP contribution in [0.3, 0.4) is 0 Å². The molecule has 0 unspecified atom stereocenters. The summed E-state index contributed by atoms with van der Waals surface area (Å²) in [5.41, 5.74) is 1.44. The van der Waals surface area contributed by atoms with E-state index in [1.165, 1.54) is 12.1 Å². The van der Waals surface area contributed by atoms with E-state index in [9.17, 15) is 14.0 Å². The van der Waals surface area contributed by atoms with Crippen LogP contribution in [0.5, 0.6) is 0 Å². The lowest BCUT2D eigenvalue weighted by Gasteiger charge is -2.23. The Kier molecular flexibility index (Phi) is 5.57. The molecule has 0 radical (unpaired) electrons. The number of ether oxygens (including phenoxy) is 1. The summed E-state index contributed by atoms with van der Waals surface area (Å²) in [7, 11) is 0. The van der Waals surface area contributed by atoms with Crippen LogP contribution in [0.1, 0.15) is 31.9 Å². The molecule has 0 saturated carbocycles. The summed E-state index contributed by atoms with van der Waals surface area (Å²) in [4.78, 5) is 22.9. The Bertz CT molecular complexity index is 796. The molecule has 25 heavy (non-hydrogen) atoms. The Morgan fingerprint density at radius 2 is 1.80 bits per heavy atom. The van der Waals surface area contributed by atoms with Crippen molar-refractivity contribution in [2.45, 2.75) is 32.6 Å². The van der Waals surface area contributed by atoms with E-state index in [1.54, 1.807) is 32.9 Å². The summed E-state index contributed by atoms with van der Waals surface area (Å²) >= 11 is 0. The Balaban J connectivity index is 2.37. The van der Waals surface area contributed by atoms with Crippen LogP contribution in [-0.4, -0.2) is 23.7 Å². The van der Waals surface area contributed by atoms with Crippen molar-refractivity contribution in [2.75, 3.05) is 6.61 Å². The highest BCUT2D eigenvalue weighted by Gasteiger charge is 2.31. The first-order valence-corrected chi connectivity index (χ1v) is 8.04. The average molecular weight is 344 g/mol. The van der Waals surface area contributed by atoms with Crippen LogP contribution in [0.2, 0.25) is 0 Å². The van der Waals surface area contributed by atoms with Gasteiger partial charge in [0.2, 0.25) is 0 Å². The topological polar surface area (TPSA) is 63.6 Å². The number of halogens is 1. The highest BCUT2D eigenvalue weighted by atomic mass is 19.1.